The van der Waals surface area contributed by atoms with E-state index in [1.54, 1.807) is 0 Å². The third kappa shape index (κ3) is 4.80. The number of hydrogen-bond donors (Lipinski definition) is 0. The van der Waals surface area contributed by atoms with E-state index in [4.69, 9.17) is 4.74 Å². The molecule has 4 aliphatic carbocycles. The highest BCUT2D eigenvalue weighted by Gasteiger charge is 2.57. The molecule has 4 saturated carbocycles. The first-order chi connectivity index (χ1) is 12.3. The fourth-order valence-electron chi connectivity index (χ4n) is 6.79. The van der Waals surface area contributed by atoms with Gasteiger partial charge in [-0.05, 0) is 56.3 Å². The molecule has 0 aromatic heterocycles. The van der Waals surface area contributed by atoms with Crippen LogP contribution in [0.15, 0.2) is 0 Å². The number of hydrogen-bond acceptors (Lipinski definition) is 2. The van der Waals surface area contributed by atoms with E-state index < -0.39 is 0 Å². The van der Waals surface area contributed by atoms with Crippen LogP contribution in [0.3, 0.4) is 0 Å². The highest BCUT2D eigenvalue weighted by Crippen LogP contribution is 2.62. The van der Waals surface area contributed by atoms with Crippen molar-refractivity contribution in [2.45, 2.75) is 116 Å². The summed E-state index contributed by atoms with van der Waals surface area (Å²) in [6, 6.07) is 0. The summed E-state index contributed by atoms with van der Waals surface area (Å²) in [5.41, 5.74) is 0.357. The van der Waals surface area contributed by atoms with Crippen molar-refractivity contribution in [3.05, 3.63) is 0 Å². The first kappa shape index (κ1) is 19.2. The van der Waals surface area contributed by atoms with E-state index >= 15 is 0 Å². The zero-order valence-electron chi connectivity index (χ0n) is 16.5. The standard InChI is InChI=1S/C23H40O2/c1-2-3-4-5-6-7-8-9-10-11-12-23-16-19-13-20(17-23)15-21(14-19)22(23)25-18-24/h18-22H,2-17H2,1H3/t19-,20+,21?,22?,23?. The topological polar surface area (TPSA) is 26.3 Å². The monoisotopic (exact) mass is 348 g/mol. The first-order valence-electron chi connectivity index (χ1n) is 11.4. The first-order valence-corrected chi connectivity index (χ1v) is 11.4. The molecule has 0 radical (unpaired) electrons. The SMILES string of the molecule is CCCCCCCCCCCCC12C[C@@H]3CC(C[C@@H](C3)C1)C2OC=O. The fourth-order valence-corrected chi connectivity index (χ4v) is 6.79. The van der Waals surface area contributed by atoms with Crippen LogP contribution in [0.5, 0.6) is 0 Å². The molecule has 0 N–H and O–H groups in total. The van der Waals surface area contributed by atoms with Crippen LogP contribution < -0.4 is 0 Å². The van der Waals surface area contributed by atoms with E-state index in [1.807, 2.05) is 0 Å². The minimum Gasteiger partial charge on any atom is -0.464 e. The maximum atomic E-state index is 11.1. The van der Waals surface area contributed by atoms with Crippen molar-refractivity contribution in [3.8, 4) is 0 Å². The van der Waals surface area contributed by atoms with Crippen molar-refractivity contribution in [1.29, 1.82) is 0 Å². The van der Waals surface area contributed by atoms with Crippen LogP contribution >= 0.6 is 0 Å². The Hall–Kier alpha value is -0.530. The highest BCUT2D eigenvalue weighted by atomic mass is 16.5. The van der Waals surface area contributed by atoms with Gasteiger partial charge < -0.3 is 4.74 Å². The summed E-state index contributed by atoms with van der Waals surface area (Å²) in [7, 11) is 0. The molecule has 4 bridgehead atoms. The lowest BCUT2D eigenvalue weighted by Gasteiger charge is -2.60. The van der Waals surface area contributed by atoms with Gasteiger partial charge in [-0.15, -0.1) is 0 Å². The van der Waals surface area contributed by atoms with Crippen LogP contribution in [0.1, 0.15) is 110 Å². The van der Waals surface area contributed by atoms with E-state index in [0.29, 0.717) is 11.3 Å². The lowest BCUT2D eigenvalue weighted by molar-refractivity contribution is -0.184. The molecule has 0 aromatic rings. The number of carbonyl (C=O) groups is 1. The van der Waals surface area contributed by atoms with Gasteiger partial charge >= 0.3 is 0 Å². The molecule has 3 unspecified atom stereocenters. The fraction of sp³-hybridized carbons (Fsp3) is 0.957. The van der Waals surface area contributed by atoms with E-state index in [2.05, 4.69) is 6.92 Å². The normalized spacial score (nSPS) is 35.9. The Balaban J connectivity index is 1.35. The highest BCUT2D eigenvalue weighted by molar-refractivity contribution is 5.38. The molecule has 0 aliphatic heterocycles. The van der Waals surface area contributed by atoms with Gasteiger partial charge in [-0.25, -0.2) is 0 Å². The van der Waals surface area contributed by atoms with Crippen molar-refractivity contribution >= 4 is 6.47 Å². The maximum Gasteiger partial charge on any atom is 0.293 e. The Bertz CT molecular complexity index is 391. The Labute approximate surface area is 155 Å². The second-order valence-corrected chi connectivity index (χ2v) is 9.55. The van der Waals surface area contributed by atoms with Gasteiger partial charge in [-0.2, -0.15) is 0 Å². The minimum absolute atomic E-state index is 0.247. The van der Waals surface area contributed by atoms with E-state index in [0.717, 1.165) is 18.3 Å². The largest absolute Gasteiger partial charge is 0.464 e. The Morgan fingerprint density at radius 3 is 1.96 bits per heavy atom. The van der Waals surface area contributed by atoms with Gasteiger partial charge in [-0.3, -0.25) is 4.79 Å². The number of carbonyl (C=O) groups excluding carboxylic acids is 1. The van der Waals surface area contributed by atoms with Crippen LogP contribution in [-0.2, 0) is 9.53 Å². The molecule has 2 heteroatoms. The molecule has 0 saturated heterocycles. The van der Waals surface area contributed by atoms with Crippen LogP contribution in [0.4, 0.5) is 0 Å². The molecular formula is C23H40O2. The van der Waals surface area contributed by atoms with Crippen molar-refractivity contribution in [2.75, 3.05) is 0 Å². The van der Waals surface area contributed by atoms with Crippen LogP contribution in [0.25, 0.3) is 0 Å². The summed E-state index contributed by atoms with van der Waals surface area (Å²) in [5, 5.41) is 0. The number of unbranched alkanes of at least 4 members (excludes halogenated alkanes) is 9. The van der Waals surface area contributed by atoms with Crippen molar-refractivity contribution in [3.63, 3.8) is 0 Å². The van der Waals surface area contributed by atoms with Crippen molar-refractivity contribution in [2.24, 2.45) is 23.2 Å². The third-order valence-corrected chi connectivity index (χ3v) is 7.59. The summed E-state index contributed by atoms with van der Waals surface area (Å²) in [4.78, 5) is 11.1. The van der Waals surface area contributed by atoms with Gasteiger partial charge in [0.2, 0.25) is 0 Å². The van der Waals surface area contributed by atoms with Crippen LogP contribution in [0, 0.1) is 23.2 Å². The van der Waals surface area contributed by atoms with Crippen LogP contribution in [-0.4, -0.2) is 12.6 Å². The molecule has 2 nitrogen and oxygen atoms in total. The van der Waals surface area contributed by atoms with Crippen molar-refractivity contribution < 1.29 is 9.53 Å². The lowest BCUT2D eigenvalue weighted by Crippen LogP contribution is -2.56. The van der Waals surface area contributed by atoms with Gasteiger partial charge in [-0.1, -0.05) is 71.1 Å². The van der Waals surface area contributed by atoms with Gasteiger partial charge in [0.15, 0.2) is 0 Å². The average Bonchev–Trinajstić information content (AvgIpc) is 2.59. The van der Waals surface area contributed by atoms with Gasteiger partial charge in [0, 0.05) is 5.41 Å². The molecule has 4 rings (SSSR count). The van der Waals surface area contributed by atoms with Gasteiger partial charge in [0.1, 0.15) is 6.10 Å². The molecule has 5 atom stereocenters. The summed E-state index contributed by atoms with van der Waals surface area (Å²) in [6.07, 6.45) is 22.4. The molecule has 25 heavy (non-hydrogen) atoms. The second kappa shape index (κ2) is 9.42. The molecule has 0 amide bonds. The predicted molar refractivity (Wildman–Crippen MR) is 103 cm³/mol. The molecule has 4 aliphatic rings. The summed E-state index contributed by atoms with van der Waals surface area (Å²) in [6.45, 7) is 3.03. The maximum absolute atomic E-state index is 11.1. The minimum atomic E-state index is 0.247. The summed E-state index contributed by atoms with van der Waals surface area (Å²) in [5.74, 6) is 2.55. The quantitative estimate of drug-likeness (QED) is 0.274. The average molecular weight is 349 g/mol. The Morgan fingerprint density at radius 1 is 0.840 bits per heavy atom. The molecule has 0 heterocycles. The Kier molecular flexibility index (Phi) is 7.25. The molecule has 0 spiro atoms. The zero-order chi connectivity index (χ0) is 17.5. The lowest BCUT2D eigenvalue weighted by atomic mass is 9.47. The molecule has 144 valence electrons. The Morgan fingerprint density at radius 2 is 1.40 bits per heavy atom. The summed E-state index contributed by atoms with van der Waals surface area (Å²) >= 11 is 0. The third-order valence-electron chi connectivity index (χ3n) is 7.59. The van der Waals surface area contributed by atoms with Gasteiger partial charge in [0.05, 0.1) is 0 Å². The smallest absolute Gasteiger partial charge is 0.293 e. The zero-order valence-corrected chi connectivity index (χ0v) is 16.5. The van der Waals surface area contributed by atoms with E-state index in [1.165, 1.54) is 103 Å². The number of rotatable bonds is 13. The number of ether oxygens (including phenoxy) is 1. The van der Waals surface area contributed by atoms with E-state index in [9.17, 15) is 4.79 Å². The molecular weight excluding hydrogens is 308 g/mol. The molecule has 4 fully saturated rings. The van der Waals surface area contributed by atoms with Crippen molar-refractivity contribution in [1.82, 2.24) is 0 Å². The van der Waals surface area contributed by atoms with Crippen LogP contribution in [0.2, 0.25) is 0 Å². The van der Waals surface area contributed by atoms with E-state index in [-0.39, 0.29) is 6.10 Å². The van der Waals surface area contributed by atoms with Gasteiger partial charge in [0.25, 0.3) is 6.47 Å². The second-order valence-electron chi connectivity index (χ2n) is 9.55. The summed E-state index contributed by atoms with van der Waals surface area (Å²) < 4.78 is 5.68. The predicted octanol–water partition coefficient (Wildman–Crippen LogP) is 6.67. The molecule has 0 aromatic carbocycles.